The molecule has 2 heteroatoms. The van der Waals surface area contributed by atoms with Gasteiger partial charge < -0.3 is 10.2 Å². The van der Waals surface area contributed by atoms with Gasteiger partial charge in [-0.15, -0.1) is 6.58 Å². The van der Waals surface area contributed by atoms with Crippen LogP contribution >= 0.6 is 0 Å². The Hall–Kier alpha value is -0.340. The molecule has 0 bridgehead atoms. The second-order valence-corrected chi connectivity index (χ2v) is 2.94. The van der Waals surface area contributed by atoms with Crippen molar-refractivity contribution in [2.75, 3.05) is 0 Å². The van der Waals surface area contributed by atoms with Crippen LogP contribution in [0.2, 0.25) is 0 Å². The third-order valence-corrected chi connectivity index (χ3v) is 2.15. The minimum absolute atomic E-state index is 0.401. The molecule has 1 aliphatic carbocycles. The molecule has 1 aliphatic rings. The first-order valence-electron chi connectivity index (χ1n) is 3.72. The number of rotatable bonds is 1. The lowest BCUT2D eigenvalue weighted by atomic mass is 9.86. The standard InChI is InChI=1S/C8H14O2/c1-2-6-3-4-7(9)8(10)5-6/h2,6-10H,1,3-5H2/t6-,7+,8+/m1/s1. The minimum atomic E-state index is -0.531. The third kappa shape index (κ3) is 1.58. The van der Waals surface area contributed by atoms with Crippen LogP contribution < -0.4 is 0 Å². The summed E-state index contributed by atoms with van der Waals surface area (Å²) in [6.07, 6.45) is 3.16. The van der Waals surface area contributed by atoms with Gasteiger partial charge in [0.25, 0.3) is 0 Å². The van der Waals surface area contributed by atoms with E-state index < -0.39 is 12.2 Å². The van der Waals surface area contributed by atoms with E-state index in [9.17, 15) is 5.11 Å². The predicted molar refractivity (Wildman–Crippen MR) is 39.6 cm³/mol. The Bertz CT molecular complexity index is 122. The molecule has 0 spiro atoms. The summed E-state index contributed by atoms with van der Waals surface area (Å²) in [6, 6.07) is 0. The molecule has 0 saturated heterocycles. The highest BCUT2D eigenvalue weighted by Crippen LogP contribution is 2.24. The van der Waals surface area contributed by atoms with Crippen molar-refractivity contribution in [3.8, 4) is 0 Å². The topological polar surface area (TPSA) is 40.5 Å². The van der Waals surface area contributed by atoms with Crippen LogP contribution in [0.3, 0.4) is 0 Å². The average Bonchev–Trinajstić information content (AvgIpc) is 1.95. The van der Waals surface area contributed by atoms with Gasteiger partial charge >= 0.3 is 0 Å². The normalized spacial score (nSPS) is 41.2. The fourth-order valence-corrected chi connectivity index (χ4v) is 1.38. The molecule has 0 aromatic rings. The molecule has 0 heterocycles. The van der Waals surface area contributed by atoms with Gasteiger partial charge in [-0.05, 0) is 25.2 Å². The predicted octanol–water partition coefficient (Wildman–Crippen LogP) is 0.694. The van der Waals surface area contributed by atoms with Gasteiger partial charge in [-0.25, -0.2) is 0 Å². The maximum atomic E-state index is 9.18. The Kier molecular flexibility index (Phi) is 2.46. The number of allylic oxidation sites excluding steroid dienone is 1. The van der Waals surface area contributed by atoms with Crippen molar-refractivity contribution in [1.82, 2.24) is 0 Å². The SMILES string of the molecule is C=C[C@@H]1CC[C@H](O)[C@@H](O)C1. The lowest BCUT2D eigenvalue weighted by molar-refractivity contribution is -0.0188. The third-order valence-electron chi connectivity index (χ3n) is 2.15. The first-order chi connectivity index (χ1) is 4.74. The Labute approximate surface area is 61.2 Å². The summed E-state index contributed by atoms with van der Waals surface area (Å²) >= 11 is 0. The van der Waals surface area contributed by atoms with Crippen LogP contribution in [0.4, 0.5) is 0 Å². The summed E-state index contributed by atoms with van der Waals surface area (Å²) in [5.74, 6) is 0.401. The average molecular weight is 142 g/mol. The molecule has 2 N–H and O–H groups in total. The van der Waals surface area contributed by atoms with Crippen LogP contribution in [-0.4, -0.2) is 22.4 Å². The van der Waals surface area contributed by atoms with Crippen molar-refractivity contribution < 1.29 is 10.2 Å². The zero-order valence-corrected chi connectivity index (χ0v) is 6.03. The molecule has 1 saturated carbocycles. The molecule has 58 valence electrons. The summed E-state index contributed by atoms with van der Waals surface area (Å²) in [5, 5.41) is 18.3. The van der Waals surface area contributed by atoms with Crippen LogP contribution in [0.15, 0.2) is 12.7 Å². The van der Waals surface area contributed by atoms with Crippen LogP contribution in [0, 0.1) is 5.92 Å². The summed E-state index contributed by atoms with van der Waals surface area (Å²) in [4.78, 5) is 0. The van der Waals surface area contributed by atoms with E-state index in [0.29, 0.717) is 18.8 Å². The first kappa shape index (κ1) is 7.76. The molecule has 0 unspecified atom stereocenters. The van der Waals surface area contributed by atoms with E-state index in [0.717, 1.165) is 6.42 Å². The van der Waals surface area contributed by atoms with Crippen LogP contribution in [-0.2, 0) is 0 Å². The second-order valence-electron chi connectivity index (χ2n) is 2.94. The van der Waals surface area contributed by atoms with Crippen molar-refractivity contribution in [3.05, 3.63) is 12.7 Å². The summed E-state index contributed by atoms with van der Waals surface area (Å²) in [6.45, 7) is 3.65. The largest absolute Gasteiger partial charge is 0.390 e. The zero-order chi connectivity index (χ0) is 7.56. The lowest BCUT2D eigenvalue weighted by Gasteiger charge is -2.27. The molecular formula is C8H14O2. The van der Waals surface area contributed by atoms with Crippen molar-refractivity contribution in [1.29, 1.82) is 0 Å². The quantitative estimate of drug-likeness (QED) is 0.529. The lowest BCUT2D eigenvalue weighted by Crippen LogP contribution is -2.32. The summed E-state index contributed by atoms with van der Waals surface area (Å²) in [7, 11) is 0. The van der Waals surface area contributed by atoms with Gasteiger partial charge in [-0.1, -0.05) is 6.08 Å². The molecule has 0 aromatic carbocycles. The maximum Gasteiger partial charge on any atom is 0.0804 e. The first-order valence-corrected chi connectivity index (χ1v) is 3.72. The zero-order valence-electron chi connectivity index (χ0n) is 6.03. The maximum absolute atomic E-state index is 9.18. The molecule has 1 fully saturated rings. The van der Waals surface area contributed by atoms with E-state index in [1.165, 1.54) is 0 Å². The Morgan fingerprint density at radius 1 is 1.20 bits per heavy atom. The van der Waals surface area contributed by atoms with Crippen molar-refractivity contribution in [3.63, 3.8) is 0 Å². The van der Waals surface area contributed by atoms with Gasteiger partial charge in [0.1, 0.15) is 0 Å². The van der Waals surface area contributed by atoms with Crippen LogP contribution in [0.5, 0.6) is 0 Å². The number of aliphatic hydroxyl groups is 2. The van der Waals surface area contributed by atoms with E-state index in [1.54, 1.807) is 0 Å². The Morgan fingerprint density at radius 3 is 2.40 bits per heavy atom. The number of hydrogen-bond donors (Lipinski definition) is 2. The van der Waals surface area contributed by atoms with Gasteiger partial charge in [-0.2, -0.15) is 0 Å². The van der Waals surface area contributed by atoms with Crippen LogP contribution in [0.25, 0.3) is 0 Å². The highest BCUT2D eigenvalue weighted by atomic mass is 16.3. The monoisotopic (exact) mass is 142 g/mol. The molecule has 0 aromatic heterocycles. The highest BCUT2D eigenvalue weighted by Gasteiger charge is 2.25. The van der Waals surface area contributed by atoms with Gasteiger partial charge in [0.05, 0.1) is 12.2 Å². The fraction of sp³-hybridized carbons (Fsp3) is 0.750. The molecule has 1 rings (SSSR count). The fourth-order valence-electron chi connectivity index (χ4n) is 1.38. The molecular weight excluding hydrogens is 128 g/mol. The van der Waals surface area contributed by atoms with Crippen molar-refractivity contribution in [2.45, 2.75) is 31.5 Å². The van der Waals surface area contributed by atoms with Gasteiger partial charge in [-0.3, -0.25) is 0 Å². The van der Waals surface area contributed by atoms with Crippen molar-refractivity contribution >= 4 is 0 Å². The molecule has 3 atom stereocenters. The minimum Gasteiger partial charge on any atom is -0.390 e. The summed E-state index contributed by atoms with van der Waals surface area (Å²) < 4.78 is 0. The highest BCUT2D eigenvalue weighted by molar-refractivity contribution is 4.88. The van der Waals surface area contributed by atoms with E-state index in [4.69, 9.17) is 5.11 Å². The van der Waals surface area contributed by atoms with E-state index >= 15 is 0 Å². The van der Waals surface area contributed by atoms with Gasteiger partial charge in [0, 0.05) is 0 Å². The summed E-state index contributed by atoms with van der Waals surface area (Å²) in [5.41, 5.74) is 0. The molecule has 0 amide bonds. The van der Waals surface area contributed by atoms with Crippen molar-refractivity contribution in [2.24, 2.45) is 5.92 Å². The van der Waals surface area contributed by atoms with E-state index in [1.807, 2.05) is 6.08 Å². The number of hydrogen-bond acceptors (Lipinski definition) is 2. The second kappa shape index (κ2) is 3.17. The molecule has 0 aliphatic heterocycles. The Morgan fingerprint density at radius 2 is 1.90 bits per heavy atom. The molecule has 0 radical (unpaired) electrons. The molecule has 10 heavy (non-hydrogen) atoms. The van der Waals surface area contributed by atoms with Crippen LogP contribution in [0.1, 0.15) is 19.3 Å². The van der Waals surface area contributed by atoms with Gasteiger partial charge in [0.2, 0.25) is 0 Å². The van der Waals surface area contributed by atoms with E-state index in [-0.39, 0.29) is 0 Å². The smallest absolute Gasteiger partial charge is 0.0804 e. The molecule has 2 nitrogen and oxygen atoms in total. The van der Waals surface area contributed by atoms with Gasteiger partial charge in [0.15, 0.2) is 0 Å². The number of aliphatic hydroxyl groups excluding tert-OH is 2. The van der Waals surface area contributed by atoms with E-state index in [2.05, 4.69) is 6.58 Å². The Balaban J connectivity index is 2.40.